The van der Waals surface area contributed by atoms with E-state index >= 15 is 0 Å². The number of ether oxygens (including phenoxy) is 1. The lowest BCUT2D eigenvalue weighted by atomic mass is 10.1. The highest BCUT2D eigenvalue weighted by molar-refractivity contribution is 5.69. The summed E-state index contributed by atoms with van der Waals surface area (Å²) in [5.74, 6) is -0.0616. The van der Waals surface area contributed by atoms with E-state index in [-0.39, 0.29) is 5.97 Å². The van der Waals surface area contributed by atoms with E-state index in [1.807, 2.05) is 13.0 Å². The van der Waals surface area contributed by atoms with Crippen LogP contribution in [-0.2, 0) is 9.53 Å². The number of hydrogen-bond donors (Lipinski definition) is 0. The summed E-state index contributed by atoms with van der Waals surface area (Å²) in [5, 5.41) is 0. The van der Waals surface area contributed by atoms with Crippen molar-refractivity contribution in [3.63, 3.8) is 0 Å². The molecule has 0 amide bonds. The average Bonchev–Trinajstić information content (AvgIpc) is 2.51. The summed E-state index contributed by atoms with van der Waals surface area (Å²) in [4.78, 5) is 11.1. The molecule has 0 aliphatic rings. The monoisotopic (exact) mass is 304 g/mol. The maximum absolute atomic E-state index is 11.1. The van der Waals surface area contributed by atoms with E-state index < -0.39 is 0 Å². The molecule has 0 rings (SSSR count). The van der Waals surface area contributed by atoms with Gasteiger partial charge in [-0.15, -0.1) is 6.58 Å². The second-order valence-corrected chi connectivity index (χ2v) is 5.17. The molecule has 0 bridgehead atoms. The first-order chi connectivity index (χ1) is 10.8. The highest BCUT2D eigenvalue weighted by atomic mass is 16.5. The Kier molecular flexibility index (Phi) is 16.2. The van der Waals surface area contributed by atoms with Crippen LogP contribution in [0, 0.1) is 0 Å². The summed E-state index contributed by atoms with van der Waals surface area (Å²) in [5.41, 5.74) is 0. The Morgan fingerprint density at radius 1 is 0.864 bits per heavy atom. The van der Waals surface area contributed by atoms with E-state index in [2.05, 4.69) is 43.0 Å². The lowest BCUT2D eigenvalue weighted by molar-refractivity contribution is -0.143. The van der Waals surface area contributed by atoms with Crippen molar-refractivity contribution in [1.82, 2.24) is 0 Å². The van der Waals surface area contributed by atoms with Crippen LogP contribution >= 0.6 is 0 Å². The molecule has 124 valence electrons. The number of esters is 1. The van der Waals surface area contributed by atoms with Crippen LogP contribution < -0.4 is 0 Å². The van der Waals surface area contributed by atoms with Gasteiger partial charge in [0.1, 0.15) is 0 Å². The molecular formula is C20H32O2. The summed E-state index contributed by atoms with van der Waals surface area (Å²) in [7, 11) is 0. The van der Waals surface area contributed by atoms with Gasteiger partial charge in [-0.25, -0.2) is 0 Å². The van der Waals surface area contributed by atoms with Gasteiger partial charge >= 0.3 is 5.97 Å². The molecule has 0 aromatic heterocycles. The zero-order chi connectivity index (χ0) is 16.3. The molecule has 0 aliphatic carbocycles. The SMILES string of the molecule is C=CCC=CCC=CCC=CCCCCCCC(=O)OCC. The van der Waals surface area contributed by atoms with E-state index in [9.17, 15) is 4.79 Å². The summed E-state index contributed by atoms with van der Waals surface area (Å²) in [6.45, 7) is 6.01. The molecule has 0 spiro atoms. The molecule has 0 aliphatic heterocycles. The fourth-order valence-corrected chi connectivity index (χ4v) is 1.97. The number of hydrogen-bond acceptors (Lipinski definition) is 2. The fraction of sp³-hybridized carbons (Fsp3) is 0.550. The minimum absolute atomic E-state index is 0.0616. The number of carbonyl (C=O) groups is 1. The molecule has 0 saturated heterocycles. The molecule has 22 heavy (non-hydrogen) atoms. The van der Waals surface area contributed by atoms with Crippen molar-refractivity contribution in [3.05, 3.63) is 49.1 Å². The van der Waals surface area contributed by atoms with Crippen molar-refractivity contribution in [2.45, 2.75) is 64.7 Å². The number of allylic oxidation sites excluding steroid dienone is 7. The van der Waals surface area contributed by atoms with Crippen LogP contribution in [0.3, 0.4) is 0 Å². The van der Waals surface area contributed by atoms with Crippen LogP contribution in [0.2, 0.25) is 0 Å². The van der Waals surface area contributed by atoms with Gasteiger partial charge in [-0.05, 0) is 45.4 Å². The maximum atomic E-state index is 11.1. The maximum Gasteiger partial charge on any atom is 0.305 e. The standard InChI is InChI=1S/C20H32O2/c1-3-5-6-7-8-9-10-11-12-13-14-15-16-17-18-19-20(21)22-4-2/h3,6-7,9-10,12-13H,1,4-5,8,11,14-19H2,2H3. The summed E-state index contributed by atoms with van der Waals surface area (Å²) in [6.07, 6.45) is 24.2. The fourth-order valence-electron chi connectivity index (χ4n) is 1.97. The van der Waals surface area contributed by atoms with Crippen LogP contribution in [0.1, 0.15) is 64.7 Å². The second-order valence-electron chi connectivity index (χ2n) is 5.17. The van der Waals surface area contributed by atoms with Crippen molar-refractivity contribution < 1.29 is 9.53 Å². The van der Waals surface area contributed by atoms with Crippen molar-refractivity contribution in [2.24, 2.45) is 0 Å². The molecule has 0 fully saturated rings. The Labute approximate surface area is 136 Å². The lowest BCUT2D eigenvalue weighted by Gasteiger charge is -2.01. The van der Waals surface area contributed by atoms with Crippen molar-refractivity contribution in [2.75, 3.05) is 6.61 Å². The van der Waals surface area contributed by atoms with Crippen LogP contribution in [0.5, 0.6) is 0 Å². The lowest BCUT2D eigenvalue weighted by Crippen LogP contribution is -2.02. The van der Waals surface area contributed by atoms with Crippen LogP contribution in [0.15, 0.2) is 49.1 Å². The number of unbranched alkanes of at least 4 members (excludes halogenated alkanes) is 4. The smallest absolute Gasteiger partial charge is 0.305 e. The molecule has 2 heteroatoms. The van der Waals surface area contributed by atoms with E-state index in [4.69, 9.17) is 4.74 Å². The van der Waals surface area contributed by atoms with Gasteiger partial charge in [0.2, 0.25) is 0 Å². The summed E-state index contributed by atoms with van der Waals surface area (Å²) >= 11 is 0. The first-order valence-electron chi connectivity index (χ1n) is 8.52. The van der Waals surface area contributed by atoms with Gasteiger partial charge in [0.25, 0.3) is 0 Å². The molecular weight excluding hydrogens is 272 g/mol. The Morgan fingerprint density at radius 2 is 1.45 bits per heavy atom. The van der Waals surface area contributed by atoms with Gasteiger partial charge in [-0.1, -0.05) is 55.4 Å². The van der Waals surface area contributed by atoms with E-state index in [0.717, 1.165) is 38.5 Å². The molecule has 0 heterocycles. The average molecular weight is 304 g/mol. The zero-order valence-electron chi connectivity index (χ0n) is 14.1. The van der Waals surface area contributed by atoms with E-state index in [1.54, 1.807) is 0 Å². The van der Waals surface area contributed by atoms with Crippen LogP contribution in [0.25, 0.3) is 0 Å². The second kappa shape index (κ2) is 17.5. The highest BCUT2D eigenvalue weighted by Crippen LogP contribution is 2.07. The van der Waals surface area contributed by atoms with Crippen molar-refractivity contribution in [1.29, 1.82) is 0 Å². The van der Waals surface area contributed by atoms with Crippen LogP contribution in [0.4, 0.5) is 0 Å². The Hall–Kier alpha value is -1.57. The van der Waals surface area contributed by atoms with Gasteiger partial charge < -0.3 is 4.74 Å². The largest absolute Gasteiger partial charge is 0.466 e. The first-order valence-corrected chi connectivity index (χ1v) is 8.52. The van der Waals surface area contributed by atoms with E-state index in [1.165, 1.54) is 12.8 Å². The van der Waals surface area contributed by atoms with Gasteiger partial charge in [0.05, 0.1) is 6.61 Å². The topological polar surface area (TPSA) is 26.3 Å². The van der Waals surface area contributed by atoms with Gasteiger partial charge in [-0.2, -0.15) is 0 Å². The summed E-state index contributed by atoms with van der Waals surface area (Å²) in [6, 6.07) is 0. The van der Waals surface area contributed by atoms with Gasteiger partial charge in [0, 0.05) is 6.42 Å². The third-order valence-electron chi connectivity index (χ3n) is 3.15. The number of carbonyl (C=O) groups excluding carboxylic acids is 1. The van der Waals surface area contributed by atoms with Gasteiger partial charge in [-0.3, -0.25) is 4.79 Å². The molecule has 0 N–H and O–H groups in total. The molecule has 0 atom stereocenters. The Morgan fingerprint density at radius 3 is 2.09 bits per heavy atom. The first kappa shape index (κ1) is 20.4. The highest BCUT2D eigenvalue weighted by Gasteiger charge is 1.99. The molecule has 0 saturated carbocycles. The molecule has 0 unspecified atom stereocenters. The van der Waals surface area contributed by atoms with E-state index in [0.29, 0.717) is 13.0 Å². The molecule has 2 nitrogen and oxygen atoms in total. The molecule has 0 aromatic rings. The quantitative estimate of drug-likeness (QED) is 0.226. The molecule has 0 aromatic carbocycles. The van der Waals surface area contributed by atoms with Crippen molar-refractivity contribution >= 4 is 5.97 Å². The van der Waals surface area contributed by atoms with Gasteiger partial charge in [0.15, 0.2) is 0 Å². The normalized spacial score (nSPS) is 11.7. The number of rotatable bonds is 14. The third-order valence-corrected chi connectivity index (χ3v) is 3.15. The van der Waals surface area contributed by atoms with Crippen LogP contribution in [-0.4, -0.2) is 12.6 Å². The predicted octanol–water partition coefficient (Wildman–Crippen LogP) is 5.92. The Balaban J connectivity index is 3.32. The molecule has 0 radical (unpaired) electrons. The van der Waals surface area contributed by atoms with Crippen molar-refractivity contribution in [3.8, 4) is 0 Å². The Bertz CT molecular complexity index is 351. The summed E-state index contributed by atoms with van der Waals surface area (Å²) < 4.78 is 4.90. The minimum Gasteiger partial charge on any atom is -0.466 e. The zero-order valence-corrected chi connectivity index (χ0v) is 14.1. The minimum atomic E-state index is -0.0616. The predicted molar refractivity (Wildman–Crippen MR) is 95.8 cm³/mol. The third kappa shape index (κ3) is 16.5.